The van der Waals surface area contributed by atoms with E-state index >= 15 is 0 Å². The van der Waals surface area contributed by atoms with Crippen LogP contribution in [0, 0.1) is 10.1 Å². The normalized spacial score (nSPS) is 15.5. The first-order valence-corrected chi connectivity index (χ1v) is 7.39. The van der Waals surface area contributed by atoms with E-state index in [2.05, 4.69) is 14.9 Å². The quantitative estimate of drug-likeness (QED) is 0.515. The number of sulfonamides is 1. The molecule has 9 nitrogen and oxygen atoms in total. The molecule has 2 aromatic rings. The topological polar surface area (TPSA) is 127 Å². The Labute approximate surface area is 124 Å². The van der Waals surface area contributed by atoms with Gasteiger partial charge >= 0.3 is 5.88 Å². The lowest BCUT2D eigenvalue weighted by Crippen LogP contribution is -2.17. The molecule has 2 heterocycles. The van der Waals surface area contributed by atoms with Crippen LogP contribution in [0.15, 0.2) is 55.2 Å². The van der Waals surface area contributed by atoms with E-state index in [1.807, 2.05) is 0 Å². The Morgan fingerprint density at radius 3 is 2.77 bits per heavy atom. The van der Waals surface area contributed by atoms with Crippen LogP contribution in [-0.4, -0.2) is 25.4 Å². The summed E-state index contributed by atoms with van der Waals surface area (Å²) >= 11 is 0. The highest BCUT2D eigenvalue weighted by atomic mass is 32.2. The first kappa shape index (κ1) is 13.9. The van der Waals surface area contributed by atoms with E-state index in [1.54, 1.807) is 18.2 Å². The minimum atomic E-state index is -3.72. The van der Waals surface area contributed by atoms with Gasteiger partial charge in [0, 0.05) is 5.56 Å². The van der Waals surface area contributed by atoms with Gasteiger partial charge in [0.1, 0.15) is 9.82 Å². The number of amidine groups is 1. The lowest BCUT2D eigenvalue weighted by Gasteiger charge is -1.99. The van der Waals surface area contributed by atoms with Crippen molar-refractivity contribution in [3.05, 3.63) is 57.8 Å². The average molecular weight is 320 g/mol. The summed E-state index contributed by atoms with van der Waals surface area (Å²) < 4.78 is 32.1. The maximum absolute atomic E-state index is 11.8. The number of nitrogens with zero attached hydrogens (tertiary/aromatic N) is 3. The van der Waals surface area contributed by atoms with Crippen LogP contribution in [0.1, 0.15) is 11.3 Å². The van der Waals surface area contributed by atoms with Crippen LogP contribution in [-0.2, 0) is 10.0 Å². The molecule has 0 atom stereocenters. The van der Waals surface area contributed by atoms with E-state index < -0.39 is 20.8 Å². The fourth-order valence-corrected chi connectivity index (χ4v) is 3.02. The third kappa shape index (κ3) is 2.46. The van der Waals surface area contributed by atoms with Crippen molar-refractivity contribution in [2.45, 2.75) is 4.90 Å². The zero-order valence-electron chi connectivity index (χ0n) is 10.8. The van der Waals surface area contributed by atoms with Crippen LogP contribution in [0.2, 0.25) is 0 Å². The van der Waals surface area contributed by atoms with E-state index in [4.69, 9.17) is 4.42 Å². The molecule has 112 valence electrons. The summed E-state index contributed by atoms with van der Waals surface area (Å²) in [5.41, 5.74) is 2.90. The van der Waals surface area contributed by atoms with Crippen molar-refractivity contribution in [2.75, 3.05) is 0 Å². The Morgan fingerprint density at radius 2 is 2.05 bits per heavy atom. The van der Waals surface area contributed by atoms with E-state index in [0.29, 0.717) is 5.56 Å². The largest absolute Gasteiger partial charge is 0.433 e. The van der Waals surface area contributed by atoms with Crippen LogP contribution >= 0.6 is 0 Å². The van der Waals surface area contributed by atoms with Crippen molar-refractivity contribution in [2.24, 2.45) is 9.50 Å². The predicted octanol–water partition coefficient (Wildman–Crippen LogP) is 1.26. The van der Waals surface area contributed by atoms with Gasteiger partial charge in [-0.1, -0.05) is 12.1 Å². The first-order valence-electron chi connectivity index (χ1n) is 5.95. The smallest absolute Gasteiger partial charge is 0.400 e. The third-order valence-electron chi connectivity index (χ3n) is 2.79. The van der Waals surface area contributed by atoms with Gasteiger partial charge in [0.15, 0.2) is 11.6 Å². The monoisotopic (exact) mass is 320 g/mol. The summed E-state index contributed by atoms with van der Waals surface area (Å²) in [6.07, 6.45) is 1.18. The van der Waals surface area contributed by atoms with Gasteiger partial charge < -0.3 is 4.42 Å². The number of hydrogen-bond donors (Lipinski definition) is 1. The van der Waals surface area contributed by atoms with Crippen molar-refractivity contribution < 1.29 is 17.8 Å². The number of hydrazone groups is 1. The molecule has 0 saturated carbocycles. The van der Waals surface area contributed by atoms with E-state index in [-0.39, 0.29) is 16.5 Å². The molecule has 22 heavy (non-hydrogen) atoms. The number of benzene rings is 1. The van der Waals surface area contributed by atoms with Gasteiger partial charge in [-0.05, 0) is 18.2 Å². The summed E-state index contributed by atoms with van der Waals surface area (Å²) in [7, 11) is -3.72. The SMILES string of the molecule is O=[N+]([O-])c1ccc(/C=N/NC2=NS(=O)(=O)c3ccccc32)o1. The molecule has 0 bridgehead atoms. The highest BCUT2D eigenvalue weighted by molar-refractivity contribution is 7.90. The lowest BCUT2D eigenvalue weighted by molar-refractivity contribution is -0.402. The second-order valence-electron chi connectivity index (χ2n) is 4.21. The number of hydrogen-bond acceptors (Lipinski definition) is 7. The van der Waals surface area contributed by atoms with E-state index in [1.165, 1.54) is 24.4 Å². The van der Waals surface area contributed by atoms with Gasteiger partial charge in [0.05, 0.1) is 12.3 Å². The minimum Gasteiger partial charge on any atom is -0.400 e. The van der Waals surface area contributed by atoms with E-state index in [9.17, 15) is 18.5 Å². The molecule has 0 radical (unpaired) electrons. The fourth-order valence-electron chi connectivity index (χ4n) is 1.85. The molecule has 0 saturated heterocycles. The number of nitro groups is 1. The molecule has 10 heteroatoms. The third-order valence-corrected chi connectivity index (χ3v) is 4.12. The summed E-state index contributed by atoms with van der Waals surface area (Å²) in [5.74, 6) is -0.186. The standard InChI is InChI=1S/C12H8N4O5S/c17-16(18)11-6-5-8(21-11)7-13-14-12-9-3-1-2-4-10(9)22(19,20)15-12/h1-7H,(H,14,15)/b13-7+. The van der Waals surface area contributed by atoms with Crippen molar-refractivity contribution in [1.82, 2.24) is 5.43 Å². The maximum Gasteiger partial charge on any atom is 0.433 e. The van der Waals surface area contributed by atoms with Crippen LogP contribution in [0.4, 0.5) is 5.88 Å². The van der Waals surface area contributed by atoms with Crippen molar-refractivity contribution in [1.29, 1.82) is 0 Å². The molecule has 1 aromatic heterocycles. The minimum absolute atomic E-state index is 0.0768. The highest BCUT2D eigenvalue weighted by Crippen LogP contribution is 2.24. The molecule has 1 N–H and O–H groups in total. The predicted molar refractivity (Wildman–Crippen MR) is 76.3 cm³/mol. The molecular weight excluding hydrogens is 312 g/mol. The van der Waals surface area contributed by atoms with Crippen LogP contribution in [0.3, 0.4) is 0 Å². The Hall–Kier alpha value is -3.01. The molecule has 1 aliphatic rings. The molecule has 1 aromatic carbocycles. The van der Waals surface area contributed by atoms with Gasteiger partial charge in [0.2, 0.25) is 0 Å². The molecular formula is C12H8N4O5S. The number of furan rings is 1. The molecule has 0 unspecified atom stereocenters. The number of nitrogens with one attached hydrogen (secondary N) is 1. The molecule has 1 aliphatic heterocycles. The maximum atomic E-state index is 11.8. The second kappa shape index (κ2) is 5.07. The first-order chi connectivity index (χ1) is 10.5. The Balaban J connectivity index is 1.80. The summed E-state index contributed by atoms with van der Waals surface area (Å²) in [6, 6.07) is 8.87. The molecule has 3 rings (SSSR count). The van der Waals surface area contributed by atoms with Crippen LogP contribution < -0.4 is 5.43 Å². The van der Waals surface area contributed by atoms with Crippen molar-refractivity contribution in [3.63, 3.8) is 0 Å². The van der Waals surface area contributed by atoms with Crippen molar-refractivity contribution in [3.8, 4) is 0 Å². The van der Waals surface area contributed by atoms with Gasteiger partial charge in [-0.3, -0.25) is 15.5 Å². The summed E-state index contributed by atoms with van der Waals surface area (Å²) in [5, 5.41) is 14.2. The lowest BCUT2D eigenvalue weighted by atomic mass is 10.2. The van der Waals surface area contributed by atoms with Gasteiger partial charge in [0.25, 0.3) is 10.0 Å². The zero-order valence-corrected chi connectivity index (χ0v) is 11.6. The number of rotatable bonds is 3. The van der Waals surface area contributed by atoms with Crippen LogP contribution in [0.25, 0.3) is 0 Å². The molecule has 0 spiro atoms. The molecule has 0 aliphatic carbocycles. The Morgan fingerprint density at radius 1 is 1.27 bits per heavy atom. The molecule has 0 fully saturated rings. The van der Waals surface area contributed by atoms with E-state index in [0.717, 1.165) is 0 Å². The van der Waals surface area contributed by atoms with Gasteiger partial charge in [-0.15, -0.1) is 4.40 Å². The summed E-state index contributed by atoms with van der Waals surface area (Å²) in [6.45, 7) is 0. The second-order valence-corrected chi connectivity index (χ2v) is 5.79. The fraction of sp³-hybridized carbons (Fsp3) is 0. The van der Waals surface area contributed by atoms with Gasteiger partial charge in [-0.2, -0.15) is 13.5 Å². The Bertz CT molecular complexity index is 913. The summed E-state index contributed by atoms with van der Waals surface area (Å²) in [4.78, 5) is 9.90. The average Bonchev–Trinajstić information content (AvgIpc) is 3.04. The number of fused-ring (bicyclic) bond motifs is 1. The molecule has 0 amide bonds. The van der Waals surface area contributed by atoms with Gasteiger partial charge in [-0.25, -0.2) is 0 Å². The highest BCUT2D eigenvalue weighted by Gasteiger charge is 2.28. The van der Waals surface area contributed by atoms with Crippen molar-refractivity contribution >= 4 is 28.0 Å². The Kier molecular flexibility index (Phi) is 3.22. The van der Waals surface area contributed by atoms with Crippen LogP contribution in [0.5, 0.6) is 0 Å². The zero-order chi connectivity index (χ0) is 15.7.